The first-order valence-corrected chi connectivity index (χ1v) is 18.1. The Balaban J connectivity index is 1.26. The van der Waals surface area contributed by atoms with Crippen molar-refractivity contribution in [3.05, 3.63) is 164 Å². The van der Waals surface area contributed by atoms with Crippen LogP contribution in [0.5, 0.6) is 0 Å². The topological polar surface area (TPSA) is 71.5 Å². The second kappa shape index (κ2) is 11.1. The smallest absolute Gasteiger partial charge is 0.209 e. The van der Waals surface area contributed by atoms with Crippen molar-refractivity contribution >= 4 is 47.5 Å². The molecule has 1 aliphatic heterocycles. The average Bonchev–Trinajstić information content (AvgIpc) is 3.12. The van der Waals surface area contributed by atoms with Crippen LogP contribution < -0.4 is 4.90 Å². The maximum absolute atomic E-state index is 13.7. The van der Waals surface area contributed by atoms with Gasteiger partial charge in [-0.1, -0.05) is 103 Å². The predicted molar refractivity (Wildman–Crippen MR) is 187 cm³/mol. The predicted octanol–water partition coefficient (Wildman–Crippen LogP) is 9.62. The summed E-state index contributed by atoms with van der Waals surface area (Å²) in [5.74, 6) is 0. The molecule has 0 radical (unpaired) electrons. The SMILES string of the molecule is O=S1(=O)c2ccccc2S(=O)(=O)c2cc(-c3cccc4cccc(-c5ccc(N(c6ccccc6)c6ccccc6)cc5)c34)ccc21. The summed E-state index contributed by atoms with van der Waals surface area (Å²) in [6, 6.07) is 51.3. The molecule has 0 N–H and O–H groups in total. The van der Waals surface area contributed by atoms with Crippen molar-refractivity contribution in [3.63, 3.8) is 0 Å². The number of fused-ring (bicyclic) bond motifs is 3. The Morgan fingerprint density at radius 3 is 1.38 bits per heavy atom. The van der Waals surface area contributed by atoms with Crippen molar-refractivity contribution in [2.45, 2.75) is 19.6 Å². The highest BCUT2D eigenvalue weighted by Crippen LogP contribution is 2.44. The molecular weight excluding hydrogens is 623 g/mol. The third-order valence-corrected chi connectivity index (χ3v) is 12.6. The summed E-state index contributed by atoms with van der Waals surface area (Å²) in [6.07, 6.45) is 0. The zero-order valence-electron chi connectivity index (χ0n) is 25.0. The van der Waals surface area contributed by atoms with E-state index in [1.807, 2.05) is 66.7 Å². The van der Waals surface area contributed by atoms with Crippen molar-refractivity contribution in [2.75, 3.05) is 4.90 Å². The summed E-state index contributed by atoms with van der Waals surface area (Å²) < 4.78 is 54.4. The van der Waals surface area contributed by atoms with Crippen molar-refractivity contribution in [2.24, 2.45) is 0 Å². The molecular formula is C40H27NO4S2. The molecule has 47 heavy (non-hydrogen) atoms. The van der Waals surface area contributed by atoms with E-state index in [1.54, 1.807) is 12.1 Å². The maximum Gasteiger partial charge on any atom is 0.209 e. The number of anilines is 3. The molecule has 0 aromatic heterocycles. The highest BCUT2D eigenvalue weighted by molar-refractivity contribution is 7.97. The van der Waals surface area contributed by atoms with E-state index in [0.717, 1.165) is 44.5 Å². The molecule has 0 bridgehead atoms. The lowest BCUT2D eigenvalue weighted by atomic mass is 9.91. The van der Waals surface area contributed by atoms with Crippen molar-refractivity contribution < 1.29 is 16.8 Å². The van der Waals surface area contributed by atoms with Gasteiger partial charge in [0.15, 0.2) is 0 Å². The van der Waals surface area contributed by atoms with Gasteiger partial charge in [-0.25, -0.2) is 16.8 Å². The fourth-order valence-corrected chi connectivity index (χ4v) is 10.6. The first-order valence-electron chi connectivity index (χ1n) is 15.1. The Kier molecular flexibility index (Phi) is 6.83. The Morgan fingerprint density at radius 1 is 0.362 bits per heavy atom. The molecule has 0 unspecified atom stereocenters. The maximum atomic E-state index is 13.7. The molecule has 1 aliphatic rings. The van der Waals surface area contributed by atoms with Gasteiger partial charge in [-0.3, -0.25) is 0 Å². The molecule has 0 spiro atoms. The first kappa shape index (κ1) is 28.9. The van der Waals surface area contributed by atoms with Crippen LogP contribution in [0.15, 0.2) is 183 Å². The van der Waals surface area contributed by atoms with Crippen LogP contribution in [0, 0.1) is 0 Å². The van der Waals surface area contributed by atoms with Gasteiger partial charge in [0.2, 0.25) is 19.7 Å². The van der Waals surface area contributed by atoms with Crippen LogP contribution in [0.2, 0.25) is 0 Å². The van der Waals surface area contributed by atoms with Crippen LogP contribution >= 0.6 is 0 Å². The van der Waals surface area contributed by atoms with Crippen molar-refractivity contribution in [1.82, 2.24) is 0 Å². The molecule has 0 fully saturated rings. The summed E-state index contributed by atoms with van der Waals surface area (Å²) in [5.41, 5.74) is 6.51. The summed E-state index contributed by atoms with van der Waals surface area (Å²) in [4.78, 5) is 1.43. The minimum Gasteiger partial charge on any atom is -0.311 e. The van der Waals surface area contributed by atoms with Crippen LogP contribution in [0.3, 0.4) is 0 Å². The van der Waals surface area contributed by atoms with Crippen LogP contribution in [-0.4, -0.2) is 16.8 Å². The lowest BCUT2D eigenvalue weighted by Gasteiger charge is -2.25. The van der Waals surface area contributed by atoms with E-state index in [-0.39, 0.29) is 19.6 Å². The quantitative estimate of drug-likeness (QED) is 0.186. The molecule has 1 heterocycles. The standard InChI is InChI=1S/C40H27NO4S2/c42-46(43)36-19-7-8-20-37(36)47(44,45)39-27-30(23-26-38(39)46)35-18-10-12-29-11-9-17-34(40(29)35)28-21-24-33(25-22-28)41(31-13-3-1-4-14-31)32-15-5-2-6-16-32/h1-27H. The van der Waals surface area contributed by atoms with Crippen LogP contribution in [-0.2, 0) is 19.7 Å². The van der Waals surface area contributed by atoms with E-state index in [9.17, 15) is 16.8 Å². The molecule has 7 aromatic carbocycles. The number of sulfone groups is 2. The van der Waals surface area contributed by atoms with E-state index in [2.05, 4.69) is 59.5 Å². The summed E-state index contributed by atoms with van der Waals surface area (Å²) in [5, 5.41) is 1.93. The van der Waals surface area contributed by atoms with Crippen LogP contribution in [0.1, 0.15) is 0 Å². The number of rotatable bonds is 5. The Labute approximate surface area is 273 Å². The fraction of sp³-hybridized carbons (Fsp3) is 0. The van der Waals surface area contributed by atoms with Gasteiger partial charge in [0.05, 0.1) is 19.6 Å². The van der Waals surface area contributed by atoms with Gasteiger partial charge in [-0.2, -0.15) is 0 Å². The van der Waals surface area contributed by atoms with E-state index < -0.39 is 19.7 Å². The number of para-hydroxylation sites is 2. The fourth-order valence-electron chi connectivity index (χ4n) is 6.45. The largest absolute Gasteiger partial charge is 0.311 e. The Bertz CT molecular complexity index is 2490. The van der Waals surface area contributed by atoms with E-state index in [1.165, 1.54) is 30.3 Å². The minimum absolute atomic E-state index is 0.186. The molecule has 0 saturated heterocycles. The molecule has 0 aliphatic carbocycles. The molecule has 228 valence electrons. The molecule has 0 amide bonds. The van der Waals surface area contributed by atoms with Gasteiger partial charge in [0, 0.05) is 17.1 Å². The zero-order chi connectivity index (χ0) is 32.2. The van der Waals surface area contributed by atoms with E-state index in [4.69, 9.17) is 0 Å². The molecule has 8 rings (SSSR count). The number of nitrogens with zero attached hydrogens (tertiary/aromatic N) is 1. The zero-order valence-corrected chi connectivity index (χ0v) is 26.6. The van der Waals surface area contributed by atoms with Gasteiger partial charge >= 0.3 is 0 Å². The Morgan fingerprint density at radius 2 is 0.809 bits per heavy atom. The lowest BCUT2D eigenvalue weighted by Crippen LogP contribution is -2.19. The molecule has 0 saturated carbocycles. The van der Waals surface area contributed by atoms with Crippen molar-refractivity contribution in [3.8, 4) is 22.3 Å². The van der Waals surface area contributed by atoms with Gasteiger partial charge < -0.3 is 4.90 Å². The normalized spacial score (nSPS) is 14.2. The second-order valence-electron chi connectivity index (χ2n) is 11.4. The minimum atomic E-state index is -4.06. The third-order valence-electron chi connectivity index (χ3n) is 8.63. The van der Waals surface area contributed by atoms with Gasteiger partial charge in [-0.15, -0.1) is 0 Å². The highest BCUT2D eigenvalue weighted by atomic mass is 32.2. The van der Waals surface area contributed by atoms with Crippen LogP contribution in [0.25, 0.3) is 33.0 Å². The molecule has 0 atom stereocenters. The lowest BCUT2D eigenvalue weighted by molar-refractivity contribution is 0.570. The molecule has 5 nitrogen and oxygen atoms in total. The third kappa shape index (κ3) is 4.74. The summed E-state index contributed by atoms with van der Waals surface area (Å²) >= 11 is 0. The summed E-state index contributed by atoms with van der Waals surface area (Å²) in [6.45, 7) is 0. The highest BCUT2D eigenvalue weighted by Gasteiger charge is 2.39. The molecule has 7 aromatic rings. The average molecular weight is 650 g/mol. The number of benzene rings is 7. The Hall–Kier alpha value is -5.50. The number of hydrogen-bond donors (Lipinski definition) is 0. The molecule has 7 heteroatoms. The first-order chi connectivity index (χ1) is 22.8. The van der Waals surface area contributed by atoms with Gasteiger partial charge in [0.1, 0.15) is 0 Å². The van der Waals surface area contributed by atoms with Gasteiger partial charge in [0.25, 0.3) is 0 Å². The van der Waals surface area contributed by atoms with E-state index in [0.29, 0.717) is 5.56 Å². The monoisotopic (exact) mass is 649 g/mol. The van der Waals surface area contributed by atoms with Crippen molar-refractivity contribution in [1.29, 1.82) is 0 Å². The second-order valence-corrected chi connectivity index (χ2v) is 15.2. The number of hydrogen-bond acceptors (Lipinski definition) is 5. The summed E-state index contributed by atoms with van der Waals surface area (Å²) in [7, 11) is -8.06. The van der Waals surface area contributed by atoms with Gasteiger partial charge in [-0.05, 0) is 93.7 Å². The van der Waals surface area contributed by atoms with Crippen LogP contribution in [0.4, 0.5) is 17.1 Å². The van der Waals surface area contributed by atoms with E-state index >= 15 is 0 Å².